The van der Waals surface area contributed by atoms with Crippen LogP contribution in [0.2, 0.25) is 0 Å². The average Bonchev–Trinajstić information content (AvgIpc) is 2.53. The molecule has 3 rings (SSSR count). The van der Waals surface area contributed by atoms with E-state index in [0.29, 0.717) is 17.7 Å². The minimum atomic E-state index is 0.400. The maximum Gasteiger partial charge on any atom is 0.115 e. The standard InChI is InChI=1S/C20H32N2O/c1-15(2)20(14-21-9-6-16(3)7-10-21)22-11-8-17-4-5-19(23)12-18(17)13-22/h4-5,12,15-16,20,23H,6-11,13-14H2,1-3H3/t20-/m1/s1. The van der Waals surface area contributed by atoms with E-state index in [1.165, 1.54) is 43.6 Å². The van der Waals surface area contributed by atoms with Gasteiger partial charge < -0.3 is 10.0 Å². The highest BCUT2D eigenvalue weighted by molar-refractivity contribution is 5.36. The molecule has 1 saturated heterocycles. The van der Waals surface area contributed by atoms with Crippen molar-refractivity contribution < 1.29 is 5.11 Å². The summed E-state index contributed by atoms with van der Waals surface area (Å²) in [5, 5.41) is 9.78. The molecule has 1 N–H and O–H groups in total. The summed E-state index contributed by atoms with van der Waals surface area (Å²) in [5.41, 5.74) is 2.72. The molecule has 3 heteroatoms. The quantitative estimate of drug-likeness (QED) is 0.921. The van der Waals surface area contributed by atoms with E-state index in [4.69, 9.17) is 0 Å². The van der Waals surface area contributed by atoms with Gasteiger partial charge in [-0.15, -0.1) is 0 Å². The maximum absolute atomic E-state index is 9.78. The zero-order valence-corrected chi connectivity index (χ0v) is 15.0. The van der Waals surface area contributed by atoms with Gasteiger partial charge in [0, 0.05) is 25.7 Å². The molecule has 1 fully saturated rings. The van der Waals surface area contributed by atoms with E-state index >= 15 is 0 Å². The van der Waals surface area contributed by atoms with Crippen molar-refractivity contribution in [2.45, 2.75) is 52.6 Å². The third kappa shape index (κ3) is 4.07. The van der Waals surface area contributed by atoms with E-state index in [0.717, 1.165) is 25.4 Å². The second kappa shape index (κ2) is 7.23. The summed E-state index contributed by atoms with van der Waals surface area (Å²) in [7, 11) is 0. The van der Waals surface area contributed by atoms with E-state index in [1.807, 2.05) is 12.1 Å². The van der Waals surface area contributed by atoms with Crippen LogP contribution in [0.15, 0.2) is 18.2 Å². The van der Waals surface area contributed by atoms with Crippen LogP contribution in [0, 0.1) is 11.8 Å². The second-order valence-electron chi connectivity index (χ2n) is 7.97. The fraction of sp³-hybridized carbons (Fsp3) is 0.700. The van der Waals surface area contributed by atoms with Gasteiger partial charge in [-0.2, -0.15) is 0 Å². The van der Waals surface area contributed by atoms with Crippen LogP contribution in [0.3, 0.4) is 0 Å². The van der Waals surface area contributed by atoms with Gasteiger partial charge in [-0.1, -0.05) is 26.8 Å². The van der Waals surface area contributed by atoms with Crippen molar-refractivity contribution in [2.24, 2.45) is 11.8 Å². The van der Waals surface area contributed by atoms with Gasteiger partial charge in [-0.05, 0) is 67.4 Å². The van der Waals surface area contributed by atoms with Gasteiger partial charge in [-0.25, -0.2) is 0 Å². The van der Waals surface area contributed by atoms with E-state index in [1.54, 1.807) is 0 Å². The predicted molar refractivity (Wildman–Crippen MR) is 95.7 cm³/mol. The molecule has 0 aliphatic carbocycles. The first-order valence-corrected chi connectivity index (χ1v) is 9.30. The van der Waals surface area contributed by atoms with Gasteiger partial charge in [0.15, 0.2) is 0 Å². The van der Waals surface area contributed by atoms with Crippen LogP contribution in [0.5, 0.6) is 5.75 Å². The van der Waals surface area contributed by atoms with E-state index in [-0.39, 0.29) is 0 Å². The van der Waals surface area contributed by atoms with Gasteiger partial charge in [-0.3, -0.25) is 4.90 Å². The molecule has 0 bridgehead atoms. The van der Waals surface area contributed by atoms with Crippen molar-refractivity contribution in [3.05, 3.63) is 29.3 Å². The van der Waals surface area contributed by atoms with Gasteiger partial charge >= 0.3 is 0 Å². The zero-order valence-electron chi connectivity index (χ0n) is 15.0. The van der Waals surface area contributed by atoms with Crippen molar-refractivity contribution in [2.75, 3.05) is 26.2 Å². The number of benzene rings is 1. The van der Waals surface area contributed by atoms with Gasteiger partial charge in [0.1, 0.15) is 5.75 Å². The number of hydrogen-bond acceptors (Lipinski definition) is 3. The topological polar surface area (TPSA) is 26.7 Å². The van der Waals surface area contributed by atoms with Gasteiger partial charge in [0.2, 0.25) is 0 Å². The minimum Gasteiger partial charge on any atom is -0.508 e. The van der Waals surface area contributed by atoms with Gasteiger partial charge in [0.05, 0.1) is 0 Å². The average molecular weight is 316 g/mol. The fourth-order valence-corrected chi connectivity index (χ4v) is 4.11. The molecule has 2 aliphatic heterocycles. The number of piperidine rings is 1. The van der Waals surface area contributed by atoms with Crippen LogP contribution in [-0.2, 0) is 13.0 Å². The summed E-state index contributed by atoms with van der Waals surface area (Å²) in [5.74, 6) is 1.96. The molecule has 1 aromatic carbocycles. The highest BCUT2D eigenvalue weighted by Gasteiger charge is 2.28. The summed E-state index contributed by atoms with van der Waals surface area (Å²) < 4.78 is 0. The molecular weight excluding hydrogens is 284 g/mol. The molecule has 2 heterocycles. The van der Waals surface area contributed by atoms with Crippen molar-refractivity contribution in [3.63, 3.8) is 0 Å². The maximum atomic E-state index is 9.78. The Balaban J connectivity index is 1.67. The third-order valence-electron chi connectivity index (χ3n) is 5.79. The first-order chi connectivity index (χ1) is 11.0. The number of rotatable bonds is 4. The zero-order chi connectivity index (χ0) is 16.4. The van der Waals surface area contributed by atoms with Crippen LogP contribution in [-0.4, -0.2) is 47.1 Å². The lowest BCUT2D eigenvalue weighted by Gasteiger charge is -2.41. The summed E-state index contributed by atoms with van der Waals surface area (Å²) >= 11 is 0. The lowest BCUT2D eigenvalue weighted by Crippen LogP contribution is -2.50. The van der Waals surface area contributed by atoms with Crippen molar-refractivity contribution >= 4 is 0 Å². The van der Waals surface area contributed by atoms with Crippen molar-refractivity contribution in [3.8, 4) is 5.75 Å². The lowest BCUT2D eigenvalue weighted by molar-refractivity contribution is 0.0793. The molecule has 0 spiro atoms. The van der Waals surface area contributed by atoms with Crippen LogP contribution in [0.1, 0.15) is 44.7 Å². The largest absolute Gasteiger partial charge is 0.508 e. The smallest absolute Gasteiger partial charge is 0.115 e. The third-order valence-corrected chi connectivity index (χ3v) is 5.79. The Labute approximate surface area is 141 Å². The molecule has 2 aliphatic rings. The number of fused-ring (bicyclic) bond motifs is 1. The van der Waals surface area contributed by atoms with E-state index < -0.39 is 0 Å². The number of likely N-dealkylation sites (tertiary alicyclic amines) is 1. The molecule has 0 unspecified atom stereocenters. The summed E-state index contributed by atoms with van der Waals surface area (Å²) in [6.07, 6.45) is 3.80. The normalized spacial score (nSPS) is 22.3. The Morgan fingerprint density at radius 3 is 2.57 bits per heavy atom. The van der Waals surface area contributed by atoms with Gasteiger partial charge in [0.25, 0.3) is 0 Å². The van der Waals surface area contributed by atoms with E-state index in [2.05, 4.69) is 36.6 Å². The molecule has 3 nitrogen and oxygen atoms in total. The molecular formula is C20H32N2O. The van der Waals surface area contributed by atoms with Crippen molar-refractivity contribution in [1.82, 2.24) is 9.80 Å². The molecule has 0 aromatic heterocycles. The van der Waals surface area contributed by atoms with Crippen LogP contribution < -0.4 is 0 Å². The number of phenols is 1. The summed E-state index contributed by atoms with van der Waals surface area (Å²) in [6, 6.07) is 6.49. The SMILES string of the molecule is CC1CCN(C[C@H](C(C)C)N2CCc3ccc(O)cc3C2)CC1. The second-order valence-corrected chi connectivity index (χ2v) is 7.97. The molecule has 23 heavy (non-hydrogen) atoms. The first kappa shape index (κ1) is 16.8. The number of nitrogens with zero attached hydrogens (tertiary/aromatic N) is 2. The molecule has 1 aromatic rings. The van der Waals surface area contributed by atoms with Crippen LogP contribution in [0.4, 0.5) is 0 Å². The highest BCUT2D eigenvalue weighted by Crippen LogP contribution is 2.27. The first-order valence-electron chi connectivity index (χ1n) is 9.30. The minimum absolute atomic E-state index is 0.400. The number of aromatic hydroxyl groups is 1. The summed E-state index contributed by atoms with van der Waals surface area (Å²) in [6.45, 7) is 12.9. The Bertz CT molecular complexity index is 520. The van der Waals surface area contributed by atoms with Crippen LogP contribution >= 0.6 is 0 Å². The molecule has 0 saturated carbocycles. The molecule has 128 valence electrons. The monoisotopic (exact) mass is 316 g/mol. The Morgan fingerprint density at radius 2 is 1.87 bits per heavy atom. The lowest BCUT2D eigenvalue weighted by atomic mass is 9.93. The van der Waals surface area contributed by atoms with Crippen LogP contribution in [0.25, 0.3) is 0 Å². The molecule has 0 amide bonds. The Morgan fingerprint density at radius 1 is 1.13 bits per heavy atom. The Hall–Kier alpha value is -1.06. The number of phenolic OH excluding ortho intramolecular Hbond substituents is 1. The Kier molecular flexibility index (Phi) is 5.27. The van der Waals surface area contributed by atoms with E-state index in [9.17, 15) is 5.11 Å². The fourth-order valence-electron chi connectivity index (χ4n) is 4.11. The molecule has 1 atom stereocenters. The van der Waals surface area contributed by atoms with Crippen molar-refractivity contribution in [1.29, 1.82) is 0 Å². The molecule has 0 radical (unpaired) electrons. The summed E-state index contributed by atoms with van der Waals surface area (Å²) in [4.78, 5) is 5.31. The predicted octanol–water partition coefficient (Wildman–Crippen LogP) is 3.51. The number of hydrogen-bond donors (Lipinski definition) is 1. The highest BCUT2D eigenvalue weighted by atomic mass is 16.3.